The standard InChI is InChI=1S/C20H30N4O2/c1-2-21-20(24-10-6-7-11-24)22-16-18(17-8-4-3-5-9-17)19(25)23-12-14-26-15-13-23/h3-5,8-9,18H,2,6-7,10-16H2,1H3,(H,21,22). The van der Waals surface area contributed by atoms with Crippen LogP contribution in [0.25, 0.3) is 0 Å². The Labute approximate surface area is 156 Å². The molecule has 6 nitrogen and oxygen atoms in total. The summed E-state index contributed by atoms with van der Waals surface area (Å²) in [7, 11) is 0. The number of rotatable bonds is 5. The number of likely N-dealkylation sites (tertiary alicyclic amines) is 1. The molecule has 0 saturated carbocycles. The first-order valence-corrected chi connectivity index (χ1v) is 9.74. The number of carbonyl (C=O) groups is 1. The number of ether oxygens (including phenoxy) is 1. The highest BCUT2D eigenvalue weighted by Crippen LogP contribution is 2.20. The molecule has 2 saturated heterocycles. The SMILES string of the molecule is CCNC(=NCC(C(=O)N1CCOCC1)c1ccccc1)N1CCCC1. The van der Waals surface area contributed by atoms with Crippen molar-refractivity contribution in [1.82, 2.24) is 15.1 Å². The van der Waals surface area contributed by atoms with E-state index in [0.717, 1.165) is 31.2 Å². The summed E-state index contributed by atoms with van der Waals surface area (Å²) in [5.74, 6) is 0.840. The molecule has 1 N–H and O–H groups in total. The summed E-state index contributed by atoms with van der Waals surface area (Å²) in [6, 6.07) is 10.0. The van der Waals surface area contributed by atoms with E-state index in [9.17, 15) is 4.79 Å². The molecule has 3 rings (SSSR count). The maximum Gasteiger partial charge on any atom is 0.232 e. The van der Waals surface area contributed by atoms with Gasteiger partial charge in [-0.15, -0.1) is 0 Å². The summed E-state index contributed by atoms with van der Waals surface area (Å²) >= 11 is 0. The Morgan fingerprint density at radius 2 is 1.81 bits per heavy atom. The van der Waals surface area contributed by atoms with Gasteiger partial charge in [0.05, 0.1) is 25.7 Å². The van der Waals surface area contributed by atoms with Crippen molar-refractivity contribution < 1.29 is 9.53 Å². The number of aliphatic imine (C=N–C) groups is 1. The number of hydrogen-bond acceptors (Lipinski definition) is 3. The number of carbonyl (C=O) groups excluding carboxylic acids is 1. The van der Waals surface area contributed by atoms with Gasteiger partial charge in [0.15, 0.2) is 5.96 Å². The Bertz CT molecular complexity index is 593. The number of hydrogen-bond donors (Lipinski definition) is 1. The first-order valence-electron chi connectivity index (χ1n) is 9.74. The fourth-order valence-corrected chi connectivity index (χ4v) is 3.55. The second-order valence-electron chi connectivity index (χ2n) is 6.79. The summed E-state index contributed by atoms with van der Waals surface area (Å²) in [5, 5.41) is 3.38. The van der Waals surface area contributed by atoms with Gasteiger partial charge >= 0.3 is 0 Å². The van der Waals surface area contributed by atoms with Crippen molar-refractivity contribution in [2.24, 2.45) is 4.99 Å². The fraction of sp³-hybridized carbons (Fsp3) is 0.600. The zero-order valence-corrected chi connectivity index (χ0v) is 15.7. The van der Waals surface area contributed by atoms with E-state index in [2.05, 4.69) is 17.1 Å². The van der Waals surface area contributed by atoms with Gasteiger partial charge in [-0.05, 0) is 25.3 Å². The van der Waals surface area contributed by atoms with E-state index in [1.807, 2.05) is 35.2 Å². The lowest BCUT2D eigenvalue weighted by Crippen LogP contribution is -2.44. The van der Waals surface area contributed by atoms with Crippen LogP contribution in [0.3, 0.4) is 0 Å². The van der Waals surface area contributed by atoms with Crippen LogP contribution >= 0.6 is 0 Å². The van der Waals surface area contributed by atoms with Crippen LogP contribution in [-0.2, 0) is 9.53 Å². The Morgan fingerprint density at radius 3 is 2.46 bits per heavy atom. The van der Waals surface area contributed by atoms with Gasteiger partial charge in [-0.25, -0.2) is 0 Å². The van der Waals surface area contributed by atoms with Gasteiger partial charge in [0, 0.05) is 32.7 Å². The monoisotopic (exact) mass is 358 g/mol. The van der Waals surface area contributed by atoms with Gasteiger partial charge in [0.25, 0.3) is 0 Å². The van der Waals surface area contributed by atoms with Crippen molar-refractivity contribution in [1.29, 1.82) is 0 Å². The van der Waals surface area contributed by atoms with E-state index >= 15 is 0 Å². The molecule has 1 aromatic carbocycles. The lowest BCUT2D eigenvalue weighted by molar-refractivity contribution is -0.136. The van der Waals surface area contributed by atoms with Crippen LogP contribution in [0.1, 0.15) is 31.2 Å². The van der Waals surface area contributed by atoms with E-state index in [1.165, 1.54) is 12.8 Å². The number of guanidine groups is 1. The molecule has 0 aliphatic carbocycles. The lowest BCUT2D eigenvalue weighted by atomic mass is 9.97. The summed E-state index contributed by atoms with van der Waals surface area (Å²) in [6.45, 7) is 8.04. The lowest BCUT2D eigenvalue weighted by Gasteiger charge is -2.30. The Balaban J connectivity index is 1.78. The van der Waals surface area contributed by atoms with Crippen LogP contribution in [0.4, 0.5) is 0 Å². The van der Waals surface area contributed by atoms with E-state index in [-0.39, 0.29) is 11.8 Å². The Kier molecular flexibility index (Phi) is 6.89. The molecule has 2 fully saturated rings. The normalized spacial score (nSPS) is 19.5. The summed E-state index contributed by atoms with van der Waals surface area (Å²) in [5.41, 5.74) is 1.03. The van der Waals surface area contributed by atoms with Gasteiger partial charge in [-0.1, -0.05) is 30.3 Å². The second kappa shape index (κ2) is 9.57. The molecule has 0 radical (unpaired) electrons. The van der Waals surface area contributed by atoms with Gasteiger partial charge in [-0.2, -0.15) is 0 Å². The fourth-order valence-electron chi connectivity index (χ4n) is 3.55. The highest BCUT2D eigenvalue weighted by Gasteiger charge is 2.27. The largest absolute Gasteiger partial charge is 0.378 e. The van der Waals surface area contributed by atoms with E-state index in [0.29, 0.717) is 32.8 Å². The molecule has 0 aromatic heterocycles. The predicted octanol–water partition coefficient (Wildman–Crippen LogP) is 1.69. The first kappa shape index (κ1) is 18.7. The molecular formula is C20H30N4O2. The van der Waals surface area contributed by atoms with Gasteiger partial charge in [0.1, 0.15) is 0 Å². The van der Waals surface area contributed by atoms with Crippen molar-refractivity contribution >= 4 is 11.9 Å². The first-order chi connectivity index (χ1) is 12.8. The minimum atomic E-state index is -0.245. The third-order valence-corrected chi connectivity index (χ3v) is 4.99. The van der Waals surface area contributed by atoms with Crippen molar-refractivity contribution in [3.63, 3.8) is 0 Å². The molecule has 2 aliphatic heterocycles. The van der Waals surface area contributed by atoms with Crippen molar-refractivity contribution in [3.8, 4) is 0 Å². The Morgan fingerprint density at radius 1 is 1.12 bits per heavy atom. The van der Waals surface area contributed by atoms with Crippen LogP contribution in [0, 0.1) is 0 Å². The third kappa shape index (κ3) is 4.75. The predicted molar refractivity (Wildman–Crippen MR) is 103 cm³/mol. The molecule has 26 heavy (non-hydrogen) atoms. The topological polar surface area (TPSA) is 57.2 Å². The van der Waals surface area contributed by atoms with E-state index in [4.69, 9.17) is 9.73 Å². The highest BCUT2D eigenvalue weighted by molar-refractivity contribution is 5.85. The molecule has 1 unspecified atom stereocenters. The minimum Gasteiger partial charge on any atom is -0.378 e. The number of amides is 1. The van der Waals surface area contributed by atoms with Crippen LogP contribution in [0.2, 0.25) is 0 Å². The second-order valence-corrected chi connectivity index (χ2v) is 6.79. The molecule has 142 valence electrons. The van der Waals surface area contributed by atoms with Crippen LogP contribution in [-0.4, -0.2) is 74.1 Å². The molecule has 0 spiro atoms. The molecule has 6 heteroatoms. The average Bonchev–Trinajstić information content (AvgIpc) is 3.23. The minimum absolute atomic E-state index is 0.153. The smallest absolute Gasteiger partial charge is 0.232 e. The van der Waals surface area contributed by atoms with E-state index in [1.54, 1.807) is 0 Å². The van der Waals surface area contributed by atoms with Crippen LogP contribution in [0.15, 0.2) is 35.3 Å². The quantitative estimate of drug-likeness (QED) is 0.643. The van der Waals surface area contributed by atoms with Gasteiger partial charge < -0.3 is 19.9 Å². The molecule has 2 aliphatic rings. The summed E-state index contributed by atoms with van der Waals surface area (Å²) in [6.07, 6.45) is 2.42. The van der Waals surface area contributed by atoms with Gasteiger partial charge in [0.2, 0.25) is 5.91 Å². The third-order valence-electron chi connectivity index (χ3n) is 4.99. The number of nitrogens with zero attached hydrogens (tertiary/aromatic N) is 3. The molecule has 1 aromatic rings. The number of morpholine rings is 1. The Hall–Kier alpha value is -2.08. The summed E-state index contributed by atoms with van der Waals surface area (Å²) in [4.78, 5) is 22.2. The van der Waals surface area contributed by atoms with Gasteiger partial charge in [-0.3, -0.25) is 9.79 Å². The molecule has 0 bridgehead atoms. The number of benzene rings is 1. The zero-order chi connectivity index (χ0) is 18.2. The van der Waals surface area contributed by atoms with Crippen LogP contribution in [0.5, 0.6) is 0 Å². The van der Waals surface area contributed by atoms with E-state index < -0.39 is 0 Å². The molecular weight excluding hydrogens is 328 g/mol. The maximum atomic E-state index is 13.2. The number of nitrogens with one attached hydrogen (secondary N) is 1. The van der Waals surface area contributed by atoms with Crippen molar-refractivity contribution in [2.75, 3.05) is 52.5 Å². The van der Waals surface area contributed by atoms with Crippen molar-refractivity contribution in [3.05, 3.63) is 35.9 Å². The molecule has 2 heterocycles. The van der Waals surface area contributed by atoms with Crippen molar-refractivity contribution in [2.45, 2.75) is 25.7 Å². The summed E-state index contributed by atoms with van der Waals surface area (Å²) < 4.78 is 5.39. The molecule has 1 atom stereocenters. The highest BCUT2D eigenvalue weighted by atomic mass is 16.5. The maximum absolute atomic E-state index is 13.2. The molecule has 1 amide bonds. The zero-order valence-electron chi connectivity index (χ0n) is 15.7. The average molecular weight is 358 g/mol. The van der Waals surface area contributed by atoms with Crippen LogP contribution < -0.4 is 5.32 Å².